The van der Waals surface area contributed by atoms with Crippen LogP contribution in [0.3, 0.4) is 0 Å². The maximum Gasteiger partial charge on any atom is 0.173 e. The van der Waals surface area contributed by atoms with Gasteiger partial charge in [0.2, 0.25) is 0 Å². The molecule has 31 heavy (non-hydrogen) atoms. The number of benzene rings is 4. The Morgan fingerprint density at radius 1 is 0.581 bits per heavy atom. The summed E-state index contributed by atoms with van der Waals surface area (Å²) in [5, 5.41) is 0.931. The van der Waals surface area contributed by atoms with Crippen molar-refractivity contribution in [3.05, 3.63) is 103 Å². The first-order valence-corrected chi connectivity index (χ1v) is 11.6. The highest BCUT2D eigenvalue weighted by Gasteiger charge is 2.24. The van der Waals surface area contributed by atoms with Crippen LogP contribution in [0.25, 0.3) is 22.0 Å². The zero-order valence-electron chi connectivity index (χ0n) is 16.5. The fraction of sp³-hybridized carbons (Fsp3) is 0. The highest BCUT2D eigenvalue weighted by molar-refractivity contribution is 7.99. The third kappa shape index (κ3) is 3.32. The lowest BCUT2D eigenvalue weighted by Crippen LogP contribution is -2.14. The molecule has 1 aliphatic heterocycles. The zero-order valence-corrected chi connectivity index (χ0v) is 18.1. The number of para-hydroxylation sites is 2. The summed E-state index contributed by atoms with van der Waals surface area (Å²) in [6.07, 6.45) is 0. The van der Waals surface area contributed by atoms with Gasteiger partial charge in [-0.2, -0.15) is 4.37 Å². The van der Waals surface area contributed by atoms with Crippen molar-refractivity contribution < 1.29 is 0 Å². The summed E-state index contributed by atoms with van der Waals surface area (Å²) < 4.78 is 4.55. The topological polar surface area (TPSA) is 29.0 Å². The van der Waals surface area contributed by atoms with Crippen molar-refractivity contribution in [3.8, 4) is 22.0 Å². The number of rotatable bonds is 3. The minimum absolute atomic E-state index is 0.778. The molecule has 0 saturated carbocycles. The van der Waals surface area contributed by atoms with Crippen molar-refractivity contribution >= 4 is 40.4 Å². The third-order valence-corrected chi connectivity index (χ3v) is 7.16. The molecule has 3 nitrogen and oxygen atoms in total. The van der Waals surface area contributed by atoms with Crippen molar-refractivity contribution in [2.45, 2.75) is 9.79 Å². The van der Waals surface area contributed by atoms with Gasteiger partial charge in [-0.1, -0.05) is 66.4 Å². The standard InChI is InChI=1S/C26H17N3S2/c1-2-8-18(9-3-1)25-27-26(31-28-25)19-14-16-20(17-15-19)29-21-10-4-6-12-23(21)30-24-13-7-5-11-22(24)29/h1-17H. The van der Waals surface area contributed by atoms with Gasteiger partial charge in [-0.05, 0) is 60.1 Å². The van der Waals surface area contributed by atoms with Crippen LogP contribution in [0.4, 0.5) is 17.1 Å². The number of hydrogen-bond acceptors (Lipinski definition) is 5. The molecule has 0 amide bonds. The second-order valence-corrected chi connectivity index (χ2v) is 9.04. The van der Waals surface area contributed by atoms with Crippen molar-refractivity contribution in [2.75, 3.05) is 4.90 Å². The lowest BCUT2D eigenvalue weighted by atomic mass is 10.1. The minimum atomic E-state index is 0.778. The quantitative estimate of drug-likeness (QED) is 0.283. The van der Waals surface area contributed by atoms with Gasteiger partial charge in [0.05, 0.1) is 11.4 Å². The summed E-state index contributed by atoms with van der Waals surface area (Å²) >= 11 is 3.26. The van der Waals surface area contributed by atoms with Gasteiger partial charge in [-0.3, -0.25) is 0 Å². The molecule has 0 atom stereocenters. The Kier molecular flexibility index (Phi) is 4.55. The Labute approximate surface area is 189 Å². The largest absolute Gasteiger partial charge is 0.308 e. The predicted molar refractivity (Wildman–Crippen MR) is 130 cm³/mol. The Balaban J connectivity index is 1.37. The van der Waals surface area contributed by atoms with Crippen molar-refractivity contribution in [1.29, 1.82) is 0 Å². The molecule has 0 N–H and O–H groups in total. The van der Waals surface area contributed by atoms with Gasteiger partial charge < -0.3 is 4.90 Å². The molecule has 1 aromatic heterocycles. The molecule has 5 heteroatoms. The van der Waals surface area contributed by atoms with Gasteiger partial charge in [-0.15, -0.1) is 0 Å². The molecule has 1 aliphatic rings. The number of anilines is 3. The molecule has 4 aromatic carbocycles. The van der Waals surface area contributed by atoms with Gasteiger partial charge in [0.15, 0.2) is 5.82 Å². The number of aromatic nitrogens is 2. The van der Waals surface area contributed by atoms with Crippen LogP contribution < -0.4 is 4.90 Å². The molecule has 0 radical (unpaired) electrons. The highest BCUT2D eigenvalue weighted by atomic mass is 32.2. The average Bonchev–Trinajstić information content (AvgIpc) is 3.34. The van der Waals surface area contributed by atoms with E-state index in [2.05, 4.69) is 82.1 Å². The third-order valence-electron chi connectivity index (χ3n) is 5.26. The molecule has 0 fully saturated rings. The molecular formula is C26H17N3S2. The monoisotopic (exact) mass is 435 g/mol. The normalized spacial score (nSPS) is 12.3. The summed E-state index contributed by atoms with van der Waals surface area (Å²) in [4.78, 5) is 9.62. The Bertz CT molecular complexity index is 1320. The molecule has 0 aliphatic carbocycles. The maximum atomic E-state index is 4.76. The zero-order chi connectivity index (χ0) is 20.6. The van der Waals surface area contributed by atoms with Crippen LogP contribution in [0.5, 0.6) is 0 Å². The van der Waals surface area contributed by atoms with Gasteiger partial charge in [0.1, 0.15) is 5.01 Å². The van der Waals surface area contributed by atoms with Gasteiger partial charge in [0, 0.05) is 26.6 Å². The average molecular weight is 436 g/mol. The van der Waals surface area contributed by atoms with E-state index < -0.39 is 0 Å². The molecule has 0 spiro atoms. The summed E-state index contributed by atoms with van der Waals surface area (Å²) in [6.45, 7) is 0. The molecule has 0 unspecified atom stereocenters. The van der Waals surface area contributed by atoms with Crippen LogP contribution >= 0.6 is 23.3 Å². The van der Waals surface area contributed by atoms with Crippen molar-refractivity contribution in [1.82, 2.24) is 9.36 Å². The molecule has 5 aromatic rings. The van der Waals surface area contributed by atoms with E-state index in [9.17, 15) is 0 Å². The Hall–Kier alpha value is -3.41. The van der Waals surface area contributed by atoms with E-state index in [1.807, 2.05) is 42.1 Å². The molecular weight excluding hydrogens is 418 g/mol. The maximum absolute atomic E-state index is 4.76. The van der Waals surface area contributed by atoms with Gasteiger partial charge >= 0.3 is 0 Å². The first-order chi connectivity index (χ1) is 15.4. The van der Waals surface area contributed by atoms with E-state index >= 15 is 0 Å². The number of nitrogens with zero attached hydrogens (tertiary/aromatic N) is 3. The summed E-state index contributed by atoms with van der Waals surface area (Å²) in [6, 6.07) is 35.8. The highest BCUT2D eigenvalue weighted by Crippen LogP contribution is 2.51. The molecule has 6 rings (SSSR count). The lowest BCUT2D eigenvalue weighted by molar-refractivity contribution is 1.17. The van der Waals surface area contributed by atoms with Crippen LogP contribution in [-0.2, 0) is 0 Å². The Morgan fingerprint density at radius 3 is 1.87 bits per heavy atom. The van der Waals surface area contributed by atoms with Crippen LogP contribution in [-0.4, -0.2) is 9.36 Å². The molecule has 0 bridgehead atoms. The van der Waals surface area contributed by atoms with Gasteiger partial charge in [0.25, 0.3) is 0 Å². The first kappa shape index (κ1) is 18.4. The summed E-state index contributed by atoms with van der Waals surface area (Å²) in [7, 11) is 0. The van der Waals surface area contributed by atoms with Crippen LogP contribution in [0.2, 0.25) is 0 Å². The number of fused-ring (bicyclic) bond motifs is 2. The second kappa shape index (κ2) is 7.69. The second-order valence-electron chi connectivity index (χ2n) is 7.21. The van der Waals surface area contributed by atoms with E-state index in [-0.39, 0.29) is 0 Å². The smallest absolute Gasteiger partial charge is 0.173 e. The lowest BCUT2D eigenvalue weighted by Gasteiger charge is -2.32. The van der Waals surface area contributed by atoms with Gasteiger partial charge in [-0.25, -0.2) is 4.98 Å². The van der Waals surface area contributed by atoms with E-state index in [1.54, 1.807) is 0 Å². The van der Waals surface area contributed by atoms with E-state index in [1.165, 1.54) is 32.7 Å². The van der Waals surface area contributed by atoms with Crippen LogP contribution in [0.1, 0.15) is 0 Å². The van der Waals surface area contributed by atoms with Crippen molar-refractivity contribution in [3.63, 3.8) is 0 Å². The van der Waals surface area contributed by atoms with E-state index in [0.717, 1.165) is 27.6 Å². The molecule has 148 valence electrons. The SMILES string of the molecule is c1ccc(-c2nsc(-c3ccc(N4c5ccccc5Sc5ccccc54)cc3)n2)cc1. The molecule has 0 saturated heterocycles. The summed E-state index contributed by atoms with van der Waals surface area (Å²) in [5.41, 5.74) is 5.68. The van der Waals surface area contributed by atoms with Crippen molar-refractivity contribution in [2.24, 2.45) is 0 Å². The van der Waals surface area contributed by atoms with E-state index in [0.29, 0.717) is 0 Å². The fourth-order valence-electron chi connectivity index (χ4n) is 3.78. The minimum Gasteiger partial charge on any atom is -0.308 e. The number of hydrogen-bond donors (Lipinski definition) is 0. The summed E-state index contributed by atoms with van der Waals surface area (Å²) in [5.74, 6) is 0.778. The van der Waals surface area contributed by atoms with Crippen LogP contribution in [0.15, 0.2) is 113 Å². The van der Waals surface area contributed by atoms with Crippen LogP contribution in [0, 0.1) is 0 Å². The van der Waals surface area contributed by atoms with E-state index in [4.69, 9.17) is 4.98 Å². The predicted octanol–water partition coefficient (Wildman–Crippen LogP) is 7.81. The fourth-order valence-corrected chi connectivity index (χ4v) is 5.53. The first-order valence-electron chi connectivity index (χ1n) is 10.0. The Morgan fingerprint density at radius 2 is 1.19 bits per heavy atom. The molecule has 2 heterocycles.